The quantitative estimate of drug-likeness (QED) is 0.714. The Kier molecular flexibility index (Phi) is 5.95. The van der Waals surface area contributed by atoms with Crippen molar-refractivity contribution in [3.63, 3.8) is 0 Å². The summed E-state index contributed by atoms with van der Waals surface area (Å²) in [6.07, 6.45) is 0.322. The molecule has 0 atom stereocenters. The lowest BCUT2D eigenvalue weighted by Crippen LogP contribution is -2.24. The number of carbonyl (C=O) groups excluding carboxylic acids is 2. The van der Waals surface area contributed by atoms with Crippen molar-refractivity contribution in [2.75, 3.05) is 11.1 Å². The predicted molar refractivity (Wildman–Crippen MR) is 96.3 cm³/mol. The zero-order valence-electron chi connectivity index (χ0n) is 14.0. The van der Waals surface area contributed by atoms with Crippen molar-refractivity contribution in [3.05, 3.63) is 59.7 Å². The van der Waals surface area contributed by atoms with Gasteiger partial charge in [0.15, 0.2) is 0 Å². The van der Waals surface area contributed by atoms with Crippen LogP contribution in [0.15, 0.2) is 48.5 Å². The Morgan fingerprint density at radius 2 is 1.54 bits per heavy atom. The van der Waals surface area contributed by atoms with Crippen LogP contribution in [0.4, 0.5) is 11.4 Å². The van der Waals surface area contributed by atoms with Gasteiger partial charge >= 0.3 is 0 Å². The Labute approximate surface area is 142 Å². The number of nitrogens with one attached hydrogen (secondary N) is 2. The van der Waals surface area contributed by atoms with Gasteiger partial charge in [0.25, 0.3) is 0 Å². The molecule has 5 heteroatoms. The first kappa shape index (κ1) is 17.5. The van der Waals surface area contributed by atoms with E-state index in [1.807, 2.05) is 50.2 Å². The molecule has 0 aromatic heterocycles. The highest BCUT2D eigenvalue weighted by Crippen LogP contribution is 2.11. The largest absolute Gasteiger partial charge is 0.399 e. The van der Waals surface area contributed by atoms with Crippen LogP contribution in [0.2, 0.25) is 0 Å². The average molecular weight is 325 g/mol. The Morgan fingerprint density at radius 1 is 0.958 bits per heavy atom. The number of carbonyl (C=O) groups is 2. The van der Waals surface area contributed by atoms with Gasteiger partial charge in [0, 0.05) is 23.8 Å². The summed E-state index contributed by atoms with van der Waals surface area (Å²) in [5.74, 6) is -0.117. The Hall–Kier alpha value is -2.82. The lowest BCUT2D eigenvalue weighted by molar-refractivity contribution is -0.120. The summed E-state index contributed by atoms with van der Waals surface area (Å²) in [5.41, 5.74) is 8.96. The maximum Gasteiger partial charge on any atom is 0.226 e. The molecule has 0 spiro atoms. The van der Waals surface area contributed by atoms with Crippen LogP contribution in [0, 0.1) is 5.92 Å². The van der Waals surface area contributed by atoms with Crippen molar-refractivity contribution in [2.45, 2.75) is 26.8 Å². The second kappa shape index (κ2) is 8.15. The third kappa shape index (κ3) is 5.43. The van der Waals surface area contributed by atoms with E-state index >= 15 is 0 Å². The molecule has 0 saturated heterocycles. The average Bonchev–Trinajstić information content (AvgIpc) is 2.56. The molecule has 2 rings (SSSR count). The number of nitrogen functional groups attached to an aromatic ring is 1. The number of benzene rings is 2. The number of hydrogen-bond acceptors (Lipinski definition) is 3. The van der Waals surface area contributed by atoms with E-state index in [4.69, 9.17) is 5.73 Å². The molecule has 0 radical (unpaired) electrons. The smallest absolute Gasteiger partial charge is 0.226 e. The van der Waals surface area contributed by atoms with Gasteiger partial charge in [-0.1, -0.05) is 38.1 Å². The summed E-state index contributed by atoms with van der Waals surface area (Å²) in [7, 11) is 0. The SMILES string of the molecule is CC(C)C(=O)Nc1ccc(CNC(=O)Cc2ccc(N)cc2)cc1. The van der Waals surface area contributed by atoms with Crippen molar-refractivity contribution >= 4 is 23.2 Å². The van der Waals surface area contributed by atoms with E-state index in [9.17, 15) is 9.59 Å². The molecule has 0 aliphatic heterocycles. The zero-order chi connectivity index (χ0) is 17.5. The third-order valence-electron chi connectivity index (χ3n) is 3.58. The molecule has 2 aromatic rings. The summed E-state index contributed by atoms with van der Waals surface area (Å²) in [5, 5.41) is 5.72. The van der Waals surface area contributed by atoms with Crippen molar-refractivity contribution in [2.24, 2.45) is 5.92 Å². The molecule has 0 fully saturated rings. The number of amides is 2. The lowest BCUT2D eigenvalue weighted by Gasteiger charge is -2.09. The van der Waals surface area contributed by atoms with Crippen LogP contribution < -0.4 is 16.4 Å². The van der Waals surface area contributed by atoms with Crippen LogP contribution in [-0.2, 0) is 22.6 Å². The second-order valence-corrected chi connectivity index (χ2v) is 6.04. The highest BCUT2D eigenvalue weighted by atomic mass is 16.2. The van der Waals surface area contributed by atoms with E-state index in [1.54, 1.807) is 12.1 Å². The van der Waals surface area contributed by atoms with E-state index in [0.29, 0.717) is 18.7 Å². The first-order valence-corrected chi connectivity index (χ1v) is 7.95. The number of nitrogens with two attached hydrogens (primary N) is 1. The fourth-order valence-electron chi connectivity index (χ4n) is 2.08. The van der Waals surface area contributed by atoms with Crippen LogP contribution in [0.25, 0.3) is 0 Å². The minimum absolute atomic E-state index is 0.0143. The van der Waals surface area contributed by atoms with Gasteiger partial charge < -0.3 is 16.4 Å². The molecule has 0 aliphatic carbocycles. The van der Waals surface area contributed by atoms with Crippen molar-refractivity contribution in [3.8, 4) is 0 Å². The summed E-state index contributed by atoms with van der Waals surface area (Å²) >= 11 is 0. The highest BCUT2D eigenvalue weighted by molar-refractivity contribution is 5.92. The second-order valence-electron chi connectivity index (χ2n) is 6.04. The molecule has 0 bridgehead atoms. The first-order chi connectivity index (χ1) is 11.4. The van der Waals surface area contributed by atoms with Gasteiger partial charge in [0.2, 0.25) is 11.8 Å². The predicted octanol–water partition coefficient (Wildman–Crippen LogP) is 2.72. The number of anilines is 2. The van der Waals surface area contributed by atoms with Gasteiger partial charge in [-0.25, -0.2) is 0 Å². The minimum Gasteiger partial charge on any atom is -0.399 e. The van der Waals surface area contributed by atoms with Gasteiger partial charge in [-0.3, -0.25) is 9.59 Å². The molecule has 0 unspecified atom stereocenters. The van der Waals surface area contributed by atoms with E-state index in [0.717, 1.165) is 16.8 Å². The van der Waals surface area contributed by atoms with E-state index in [-0.39, 0.29) is 17.7 Å². The first-order valence-electron chi connectivity index (χ1n) is 7.95. The summed E-state index contributed by atoms with van der Waals surface area (Å²) < 4.78 is 0. The lowest BCUT2D eigenvalue weighted by atomic mass is 10.1. The van der Waals surface area contributed by atoms with Crippen LogP contribution in [0.1, 0.15) is 25.0 Å². The molecule has 126 valence electrons. The Balaban J connectivity index is 1.82. The van der Waals surface area contributed by atoms with Gasteiger partial charge in [0.05, 0.1) is 6.42 Å². The Morgan fingerprint density at radius 3 is 2.12 bits per heavy atom. The van der Waals surface area contributed by atoms with Crippen LogP contribution in [-0.4, -0.2) is 11.8 Å². The van der Waals surface area contributed by atoms with Crippen LogP contribution >= 0.6 is 0 Å². The minimum atomic E-state index is -0.0581. The van der Waals surface area contributed by atoms with Crippen molar-refractivity contribution < 1.29 is 9.59 Å². The molecule has 0 aliphatic rings. The molecule has 2 amide bonds. The summed E-state index contributed by atoms with van der Waals surface area (Å²) in [4.78, 5) is 23.6. The molecular weight excluding hydrogens is 302 g/mol. The highest BCUT2D eigenvalue weighted by Gasteiger charge is 2.07. The van der Waals surface area contributed by atoms with Crippen molar-refractivity contribution in [1.29, 1.82) is 0 Å². The fourth-order valence-corrected chi connectivity index (χ4v) is 2.08. The molecule has 4 N–H and O–H groups in total. The molecule has 5 nitrogen and oxygen atoms in total. The third-order valence-corrected chi connectivity index (χ3v) is 3.58. The maximum atomic E-state index is 12.0. The number of hydrogen-bond donors (Lipinski definition) is 3. The van der Waals surface area contributed by atoms with Crippen LogP contribution in [0.5, 0.6) is 0 Å². The number of rotatable bonds is 6. The monoisotopic (exact) mass is 325 g/mol. The standard InChI is InChI=1S/C19H23N3O2/c1-13(2)19(24)22-17-9-5-15(6-10-17)12-21-18(23)11-14-3-7-16(20)8-4-14/h3-10,13H,11-12,20H2,1-2H3,(H,21,23)(H,22,24). The van der Waals surface area contributed by atoms with Gasteiger partial charge in [-0.15, -0.1) is 0 Å². The summed E-state index contributed by atoms with van der Waals surface area (Å²) in [6.45, 7) is 4.15. The molecule has 2 aromatic carbocycles. The molecule has 0 heterocycles. The molecule has 24 heavy (non-hydrogen) atoms. The van der Waals surface area contributed by atoms with Gasteiger partial charge in [0.1, 0.15) is 0 Å². The zero-order valence-corrected chi connectivity index (χ0v) is 14.0. The topological polar surface area (TPSA) is 84.2 Å². The van der Waals surface area contributed by atoms with E-state index < -0.39 is 0 Å². The molecule has 0 saturated carbocycles. The van der Waals surface area contributed by atoms with Crippen molar-refractivity contribution in [1.82, 2.24) is 5.32 Å². The fraction of sp³-hybridized carbons (Fsp3) is 0.263. The summed E-state index contributed by atoms with van der Waals surface area (Å²) in [6, 6.07) is 14.7. The molecular formula is C19H23N3O2. The van der Waals surface area contributed by atoms with Gasteiger partial charge in [-0.2, -0.15) is 0 Å². The van der Waals surface area contributed by atoms with Crippen LogP contribution in [0.3, 0.4) is 0 Å². The Bertz CT molecular complexity index is 692. The van der Waals surface area contributed by atoms with E-state index in [2.05, 4.69) is 10.6 Å². The van der Waals surface area contributed by atoms with E-state index in [1.165, 1.54) is 0 Å². The van der Waals surface area contributed by atoms with Gasteiger partial charge in [-0.05, 0) is 35.4 Å². The maximum absolute atomic E-state index is 12.0. The normalized spacial score (nSPS) is 10.5.